The average molecular weight is 294 g/mol. The predicted molar refractivity (Wildman–Crippen MR) is 71.7 cm³/mol. The minimum Gasteiger partial charge on any atom is -0.478 e. The number of piperidine rings is 1. The third-order valence-corrected chi connectivity index (χ3v) is 4.41. The molecule has 104 valence electrons. The summed E-state index contributed by atoms with van der Waals surface area (Å²) in [5.74, 6) is -2.31. The van der Waals surface area contributed by atoms with Gasteiger partial charge in [-0.25, -0.2) is 9.69 Å². The van der Waals surface area contributed by atoms with Gasteiger partial charge in [0.2, 0.25) is 11.8 Å². The number of carboxylic acid groups (broad SMARTS) is 1. The quantitative estimate of drug-likeness (QED) is 0.848. The molecule has 1 saturated carbocycles. The molecule has 6 heteroatoms. The van der Waals surface area contributed by atoms with E-state index in [0.717, 1.165) is 4.90 Å². The summed E-state index contributed by atoms with van der Waals surface area (Å²) in [7, 11) is 0. The fourth-order valence-corrected chi connectivity index (χ4v) is 3.26. The van der Waals surface area contributed by atoms with Crippen LogP contribution >= 0.6 is 11.6 Å². The van der Waals surface area contributed by atoms with Crippen molar-refractivity contribution in [1.29, 1.82) is 0 Å². The number of carboxylic acids is 1. The van der Waals surface area contributed by atoms with Crippen molar-refractivity contribution in [3.63, 3.8) is 0 Å². The van der Waals surface area contributed by atoms with Crippen LogP contribution in [0, 0.1) is 17.3 Å². The summed E-state index contributed by atoms with van der Waals surface area (Å²) in [6.07, 6.45) is 0. The first kappa shape index (κ1) is 13.1. The van der Waals surface area contributed by atoms with E-state index in [2.05, 4.69) is 0 Å². The van der Waals surface area contributed by atoms with E-state index in [4.69, 9.17) is 16.7 Å². The molecule has 1 aliphatic heterocycles. The molecule has 1 heterocycles. The van der Waals surface area contributed by atoms with Crippen LogP contribution in [-0.4, -0.2) is 22.9 Å². The molecule has 5 nitrogen and oxygen atoms in total. The second-order valence-electron chi connectivity index (χ2n) is 5.79. The van der Waals surface area contributed by atoms with Crippen LogP contribution in [-0.2, 0) is 9.59 Å². The molecule has 2 aliphatic rings. The maximum absolute atomic E-state index is 12.3. The normalized spacial score (nSPS) is 26.6. The second kappa shape index (κ2) is 3.82. The van der Waals surface area contributed by atoms with E-state index in [0.29, 0.717) is 0 Å². The number of carbonyl (C=O) groups is 3. The van der Waals surface area contributed by atoms with E-state index in [1.165, 1.54) is 18.2 Å². The third kappa shape index (κ3) is 1.59. The van der Waals surface area contributed by atoms with Crippen molar-refractivity contribution in [3.05, 3.63) is 28.8 Å². The monoisotopic (exact) mass is 293 g/mol. The van der Waals surface area contributed by atoms with E-state index >= 15 is 0 Å². The number of carbonyl (C=O) groups excluding carboxylic acids is 2. The first-order chi connectivity index (χ1) is 9.25. The number of benzene rings is 1. The molecule has 2 amide bonds. The van der Waals surface area contributed by atoms with Gasteiger partial charge in [-0.15, -0.1) is 0 Å². The Balaban J connectivity index is 2.02. The molecule has 2 fully saturated rings. The van der Waals surface area contributed by atoms with Crippen LogP contribution in [0.4, 0.5) is 5.69 Å². The number of halogens is 1. The van der Waals surface area contributed by atoms with E-state index in [1.807, 2.05) is 13.8 Å². The highest BCUT2D eigenvalue weighted by Gasteiger charge is 2.72. The third-order valence-electron chi connectivity index (χ3n) is 4.19. The molecule has 1 aromatic rings. The first-order valence-electron chi connectivity index (χ1n) is 6.17. The zero-order valence-electron chi connectivity index (χ0n) is 10.9. The molecular formula is C14H12ClNO4. The number of nitrogens with zero attached hydrogens (tertiary/aromatic N) is 1. The Hall–Kier alpha value is -1.88. The number of fused-ring (bicyclic) bond motifs is 1. The lowest BCUT2D eigenvalue weighted by molar-refractivity contribution is -0.125. The number of hydrogen-bond acceptors (Lipinski definition) is 3. The van der Waals surface area contributed by atoms with E-state index in [9.17, 15) is 14.4 Å². The van der Waals surface area contributed by atoms with Crippen molar-refractivity contribution in [3.8, 4) is 0 Å². The van der Waals surface area contributed by atoms with Crippen molar-refractivity contribution in [2.45, 2.75) is 13.8 Å². The Morgan fingerprint density at radius 3 is 2.25 bits per heavy atom. The van der Waals surface area contributed by atoms with Gasteiger partial charge in [-0.05, 0) is 23.6 Å². The van der Waals surface area contributed by atoms with Gasteiger partial charge in [0.05, 0.1) is 23.1 Å². The highest BCUT2D eigenvalue weighted by atomic mass is 35.5. The van der Waals surface area contributed by atoms with Gasteiger partial charge in [-0.2, -0.15) is 0 Å². The van der Waals surface area contributed by atoms with Crippen molar-refractivity contribution < 1.29 is 19.5 Å². The van der Waals surface area contributed by atoms with Crippen LogP contribution in [0.25, 0.3) is 0 Å². The van der Waals surface area contributed by atoms with Crippen LogP contribution in [0.5, 0.6) is 0 Å². The topological polar surface area (TPSA) is 74.7 Å². The summed E-state index contributed by atoms with van der Waals surface area (Å²) < 4.78 is 0. The Labute approximate surface area is 120 Å². The summed E-state index contributed by atoms with van der Waals surface area (Å²) >= 11 is 5.86. The van der Waals surface area contributed by atoms with Crippen molar-refractivity contribution in [2.24, 2.45) is 17.3 Å². The molecule has 1 aromatic carbocycles. The summed E-state index contributed by atoms with van der Waals surface area (Å²) in [6.45, 7) is 3.77. The fourth-order valence-electron chi connectivity index (χ4n) is 3.03. The smallest absolute Gasteiger partial charge is 0.335 e. The first-order valence-corrected chi connectivity index (χ1v) is 6.54. The molecular weight excluding hydrogens is 282 g/mol. The Morgan fingerprint density at radius 1 is 1.20 bits per heavy atom. The maximum Gasteiger partial charge on any atom is 0.335 e. The summed E-state index contributed by atoms with van der Waals surface area (Å²) in [4.78, 5) is 36.6. The lowest BCUT2D eigenvalue weighted by atomic mass is 10.0. The van der Waals surface area contributed by atoms with Gasteiger partial charge in [0.1, 0.15) is 0 Å². The van der Waals surface area contributed by atoms with Crippen LogP contribution in [0.2, 0.25) is 5.02 Å². The molecule has 20 heavy (non-hydrogen) atoms. The lowest BCUT2D eigenvalue weighted by Gasteiger charge is -2.21. The molecule has 0 spiro atoms. The van der Waals surface area contributed by atoms with Gasteiger partial charge in [-0.3, -0.25) is 9.59 Å². The molecule has 0 bridgehead atoms. The van der Waals surface area contributed by atoms with Gasteiger partial charge in [0.25, 0.3) is 0 Å². The number of imide groups is 1. The highest BCUT2D eigenvalue weighted by molar-refractivity contribution is 6.32. The summed E-state index contributed by atoms with van der Waals surface area (Å²) in [5.41, 5.74) is -0.111. The summed E-state index contributed by atoms with van der Waals surface area (Å²) in [5, 5.41) is 9.19. The van der Waals surface area contributed by atoms with E-state index in [1.54, 1.807) is 0 Å². The standard InChI is InChI=1S/C14H12ClNO4/c1-14(2)9-10(14)12(18)16(11(9)17)8-4-6(13(19)20)3-7(15)5-8/h3-5,9-10H,1-2H3,(H,19,20). The SMILES string of the molecule is CC1(C)C2C(=O)N(c3cc(Cl)cc(C(=O)O)c3)C(=O)C21. The van der Waals surface area contributed by atoms with Crippen molar-refractivity contribution in [2.75, 3.05) is 4.90 Å². The molecule has 1 N–H and O–H groups in total. The molecule has 2 unspecified atom stereocenters. The zero-order chi connectivity index (χ0) is 14.8. The number of aromatic carboxylic acids is 1. The Bertz CT molecular complexity index is 643. The molecule has 0 aromatic heterocycles. The van der Waals surface area contributed by atoms with Crippen LogP contribution in [0.15, 0.2) is 18.2 Å². The summed E-state index contributed by atoms with van der Waals surface area (Å²) in [6, 6.07) is 4.01. The van der Waals surface area contributed by atoms with Crippen LogP contribution < -0.4 is 4.90 Å². The minimum atomic E-state index is -1.15. The Kier molecular flexibility index (Phi) is 2.51. The lowest BCUT2D eigenvalue weighted by Crippen LogP contribution is -2.36. The minimum absolute atomic E-state index is 0.0482. The number of rotatable bonds is 2. The molecule has 0 radical (unpaired) electrons. The molecule has 3 rings (SSSR count). The number of amides is 2. The van der Waals surface area contributed by atoms with E-state index < -0.39 is 5.97 Å². The van der Waals surface area contributed by atoms with E-state index in [-0.39, 0.29) is 45.3 Å². The van der Waals surface area contributed by atoms with Gasteiger partial charge in [0, 0.05) is 5.02 Å². The van der Waals surface area contributed by atoms with Gasteiger partial charge in [0.15, 0.2) is 0 Å². The van der Waals surface area contributed by atoms with Gasteiger partial charge in [-0.1, -0.05) is 25.4 Å². The zero-order valence-corrected chi connectivity index (χ0v) is 11.6. The fraction of sp³-hybridized carbons (Fsp3) is 0.357. The Morgan fingerprint density at radius 2 is 1.75 bits per heavy atom. The number of hydrogen-bond donors (Lipinski definition) is 1. The average Bonchev–Trinajstić information content (AvgIpc) is 2.78. The molecule has 2 atom stereocenters. The molecule has 1 aliphatic carbocycles. The number of anilines is 1. The second-order valence-corrected chi connectivity index (χ2v) is 6.23. The largest absolute Gasteiger partial charge is 0.478 e. The van der Waals surface area contributed by atoms with Crippen molar-refractivity contribution >= 4 is 35.1 Å². The van der Waals surface area contributed by atoms with Crippen molar-refractivity contribution in [1.82, 2.24) is 0 Å². The van der Waals surface area contributed by atoms with Crippen LogP contribution in [0.1, 0.15) is 24.2 Å². The predicted octanol–water partition coefficient (Wildman–Crippen LogP) is 2.18. The highest BCUT2D eigenvalue weighted by Crippen LogP contribution is 2.63. The van der Waals surface area contributed by atoms with Gasteiger partial charge >= 0.3 is 5.97 Å². The van der Waals surface area contributed by atoms with Gasteiger partial charge < -0.3 is 5.11 Å². The van der Waals surface area contributed by atoms with Crippen LogP contribution in [0.3, 0.4) is 0 Å². The maximum atomic E-state index is 12.3. The molecule has 1 saturated heterocycles.